The van der Waals surface area contributed by atoms with Gasteiger partial charge in [-0.15, -0.1) is 0 Å². The van der Waals surface area contributed by atoms with Crippen molar-refractivity contribution in [1.82, 2.24) is 0 Å². The zero-order valence-corrected chi connectivity index (χ0v) is 27.2. The van der Waals surface area contributed by atoms with Gasteiger partial charge in [0.1, 0.15) is 0 Å². The molecule has 0 bridgehead atoms. The maximum atomic E-state index is 2.32. The average molecular weight is 515 g/mol. The first-order chi connectivity index (χ1) is 17.6. The van der Waals surface area contributed by atoms with Crippen LogP contribution in [0.3, 0.4) is 0 Å². The fraction of sp³-hybridized carbons (Fsp3) is 0.526. The zero-order valence-electron chi connectivity index (χ0n) is 27.2. The molecule has 38 heavy (non-hydrogen) atoms. The molecule has 0 atom stereocenters. The van der Waals surface area contributed by atoms with E-state index in [2.05, 4.69) is 158 Å². The van der Waals surface area contributed by atoms with Crippen LogP contribution in [0.5, 0.6) is 0 Å². The normalized spacial score (nSPS) is 11.3. The summed E-state index contributed by atoms with van der Waals surface area (Å²) < 4.78 is 0. The predicted octanol–water partition coefficient (Wildman–Crippen LogP) is 12.4. The van der Waals surface area contributed by atoms with Crippen molar-refractivity contribution in [2.24, 2.45) is 0 Å². The highest BCUT2D eigenvalue weighted by molar-refractivity contribution is 5.35. The Balaban J connectivity index is 0.000000285. The lowest BCUT2D eigenvalue weighted by atomic mass is 9.93. The molecule has 0 nitrogen and oxygen atoms in total. The molecule has 0 aliphatic rings. The monoisotopic (exact) mass is 514 g/mol. The second kappa shape index (κ2) is 15.9. The van der Waals surface area contributed by atoms with E-state index in [1.165, 1.54) is 44.5 Å². The Morgan fingerprint density at radius 1 is 0.316 bits per heavy atom. The molecule has 0 amide bonds. The summed E-state index contributed by atoms with van der Waals surface area (Å²) in [7, 11) is 0. The molecule has 0 saturated heterocycles. The van der Waals surface area contributed by atoms with E-state index < -0.39 is 0 Å². The first-order valence-corrected chi connectivity index (χ1v) is 15.0. The summed E-state index contributed by atoms with van der Waals surface area (Å²) >= 11 is 0. The van der Waals surface area contributed by atoms with Crippen molar-refractivity contribution in [2.45, 2.75) is 132 Å². The van der Waals surface area contributed by atoms with Crippen molar-refractivity contribution < 1.29 is 0 Å². The van der Waals surface area contributed by atoms with Crippen LogP contribution in [-0.4, -0.2) is 0 Å². The molecule has 3 rings (SSSR count). The molecule has 0 aliphatic heterocycles. The number of aryl methyl sites for hydroxylation is 2. The van der Waals surface area contributed by atoms with Gasteiger partial charge >= 0.3 is 0 Å². The second-order valence-corrected chi connectivity index (χ2v) is 12.8. The molecule has 0 unspecified atom stereocenters. The molecule has 3 aromatic carbocycles. The van der Waals surface area contributed by atoms with Crippen LogP contribution in [-0.2, 0) is 0 Å². The van der Waals surface area contributed by atoms with E-state index in [9.17, 15) is 0 Å². The van der Waals surface area contributed by atoms with Gasteiger partial charge in [0.2, 0.25) is 0 Å². The topological polar surface area (TPSA) is 0 Å². The summed E-state index contributed by atoms with van der Waals surface area (Å²) in [5, 5.41) is 0. The maximum absolute atomic E-state index is 2.32. The van der Waals surface area contributed by atoms with Crippen LogP contribution in [0.15, 0.2) is 60.7 Å². The maximum Gasteiger partial charge on any atom is -0.0216 e. The van der Waals surface area contributed by atoms with Gasteiger partial charge in [0.15, 0.2) is 0 Å². The van der Waals surface area contributed by atoms with Gasteiger partial charge < -0.3 is 0 Å². The number of rotatable bonds is 6. The smallest absolute Gasteiger partial charge is 0.0216 e. The van der Waals surface area contributed by atoms with Crippen molar-refractivity contribution >= 4 is 0 Å². The fourth-order valence-corrected chi connectivity index (χ4v) is 4.68. The highest BCUT2D eigenvalue weighted by Gasteiger charge is 2.06. The molecule has 0 saturated carbocycles. The molecular weight excluding hydrogens is 456 g/mol. The predicted molar refractivity (Wildman–Crippen MR) is 173 cm³/mol. The third-order valence-corrected chi connectivity index (χ3v) is 7.43. The van der Waals surface area contributed by atoms with Gasteiger partial charge in [0, 0.05) is 0 Å². The third-order valence-electron chi connectivity index (χ3n) is 7.43. The van der Waals surface area contributed by atoms with E-state index in [-0.39, 0.29) is 0 Å². The van der Waals surface area contributed by atoms with Gasteiger partial charge in [-0.3, -0.25) is 0 Å². The highest BCUT2D eigenvalue weighted by Crippen LogP contribution is 2.24. The molecule has 0 fully saturated rings. The number of hydrogen-bond acceptors (Lipinski definition) is 0. The lowest BCUT2D eigenvalue weighted by Crippen LogP contribution is -1.95. The minimum Gasteiger partial charge on any atom is -0.0587 e. The second-order valence-electron chi connectivity index (χ2n) is 12.8. The van der Waals surface area contributed by atoms with Gasteiger partial charge in [-0.2, -0.15) is 0 Å². The Morgan fingerprint density at radius 3 is 0.737 bits per heavy atom. The molecular formula is C38H58. The van der Waals surface area contributed by atoms with Gasteiger partial charge in [-0.05, 0) is 93.9 Å². The minimum absolute atomic E-state index is 0.639. The number of benzene rings is 3. The van der Waals surface area contributed by atoms with E-state index in [0.717, 1.165) is 0 Å². The largest absolute Gasteiger partial charge is 0.0587 e. The van der Waals surface area contributed by atoms with Crippen molar-refractivity contribution in [3.8, 4) is 0 Å². The van der Waals surface area contributed by atoms with Crippen LogP contribution in [0.2, 0.25) is 0 Å². The number of hydrogen-bond donors (Lipinski definition) is 0. The first kappa shape index (κ1) is 33.7. The lowest BCUT2D eigenvalue weighted by molar-refractivity contribution is 0.835. The quantitative estimate of drug-likeness (QED) is 0.307. The summed E-state index contributed by atoms with van der Waals surface area (Å²) in [6.45, 7) is 31.3. The van der Waals surface area contributed by atoms with E-state index in [1.54, 1.807) is 0 Å². The van der Waals surface area contributed by atoms with Gasteiger partial charge in [-0.1, -0.05) is 144 Å². The minimum atomic E-state index is 0.639. The summed E-state index contributed by atoms with van der Waals surface area (Å²) in [6, 6.07) is 22.6. The van der Waals surface area contributed by atoms with E-state index in [4.69, 9.17) is 0 Å². The molecule has 0 radical (unpaired) electrons. The standard InChI is InChI=1S/2C13H20.C12H18/c2*1-9(2)12-6-7-13(10(3)4)11(5)8-12;1-9(2)11-5-7-12(8-6-11)10(3)4/h2*6-10H,1-5H3;5-10H,1-4H3. The molecule has 0 N–H and O–H groups in total. The van der Waals surface area contributed by atoms with Crippen LogP contribution < -0.4 is 0 Å². The molecule has 0 aliphatic carbocycles. The highest BCUT2D eigenvalue weighted by atomic mass is 14.1. The summed E-state index contributed by atoms with van der Waals surface area (Å²) in [5.41, 5.74) is 11.6. The van der Waals surface area contributed by atoms with Crippen molar-refractivity contribution in [3.05, 3.63) is 105 Å². The van der Waals surface area contributed by atoms with Crippen LogP contribution >= 0.6 is 0 Å². The summed E-state index contributed by atoms with van der Waals surface area (Å²) in [5.74, 6) is 3.85. The Hall–Kier alpha value is -2.34. The van der Waals surface area contributed by atoms with Crippen molar-refractivity contribution in [3.63, 3.8) is 0 Å². The Bertz CT molecular complexity index is 987. The molecule has 0 heteroatoms. The average Bonchev–Trinajstić information content (AvgIpc) is 2.84. The molecule has 0 aromatic heterocycles. The lowest BCUT2D eigenvalue weighted by Gasteiger charge is -2.13. The van der Waals surface area contributed by atoms with Crippen LogP contribution in [0.4, 0.5) is 0 Å². The molecule has 210 valence electrons. The van der Waals surface area contributed by atoms with Crippen LogP contribution in [0.25, 0.3) is 0 Å². The van der Waals surface area contributed by atoms with Crippen molar-refractivity contribution in [2.75, 3.05) is 0 Å². The van der Waals surface area contributed by atoms with E-state index in [1.807, 2.05) is 0 Å². The molecule has 3 aromatic rings. The molecule has 0 heterocycles. The van der Waals surface area contributed by atoms with Gasteiger partial charge in [0.05, 0.1) is 0 Å². The first-order valence-electron chi connectivity index (χ1n) is 15.0. The van der Waals surface area contributed by atoms with E-state index in [0.29, 0.717) is 35.5 Å². The Morgan fingerprint density at radius 2 is 0.553 bits per heavy atom. The Kier molecular flexibility index (Phi) is 14.1. The fourth-order valence-electron chi connectivity index (χ4n) is 4.68. The summed E-state index contributed by atoms with van der Waals surface area (Å²) in [6.07, 6.45) is 0. The van der Waals surface area contributed by atoms with Crippen LogP contribution in [0.1, 0.15) is 163 Å². The SMILES string of the molecule is CC(C)c1ccc(C(C)C)cc1.Cc1cc(C(C)C)ccc1C(C)C.Cc1cc(C(C)C)ccc1C(C)C. The third kappa shape index (κ3) is 10.8. The van der Waals surface area contributed by atoms with Crippen molar-refractivity contribution in [1.29, 1.82) is 0 Å². The zero-order chi connectivity index (χ0) is 29.2. The van der Waals surface area contributed by atoms with Gasteiger partial charge in [-0.25, -0.2) is 0 Å². The molecule has 0 spiro atoms. The van der Waals surface area contributed by atoms with Crippen LogP contribution in [0, 0.1) is 13.8 Å². The van der Waals surface area contributed by atoms with Gasteiger partial charge in [0.25, 0.3) is 0 Å². The summed E-state index contributed by atoms with van der Waals surface area (Å²) in [4.78, 5) is 0. The van der Waals surface area contributed by atoms with E-state index >= 15 is 0 Å². The Labute approximate surface area is 237 Å².